The smallest absolute Gasteiger partial charge is 0.244 e. The van der Waals surface area contributed by atoms with Gasteiger partial charge >= 0.3 is 0 Å². The lowest BCUT2D eigenvalue weighted by Gasteiger charge is -2.13. The minimum Gasteiger partial charge on any atom is -0.396 e. The van der Waals surface area contributed by atoms with Crippen molar-refractivity contribution in [2.45, 2.75) is 25.8 Å². The number of carbonyl (C=O) groups excluding carboxylic acids is 1. The van der Waals surface area contributed by atoms with Gasteiger partial charge in [-0.25, -0.2) is 4.39 Å². The van der Waals surface area contributed by atoms with Crippen LogP contribution in [0, 0.1) is 5.82 Å². The summed E-state index contributed by atoms with van der Waals surface area (Å²) in [4.78, 5) is 11.6. The molecule has 98 valence electrons. The Morgan fingerprint density at radius 2 is 2.33 bits per heavy atom. The third-order valence-corrected chi connectivity index (χ3v) is 2.59. The summed E-state index contributed by atoms with van der Waals surface area (Å²) in [5, 5.41) is 11.6. The number of halogens is 1. The number of hydrogen-bond donors (Lipinski definition) is 2. The molecule has 0 radical (unpaired) electrons. The highest BCUT2D eigenvalue weighted by Crippen LogP contribution is 2.05. The fraction of sp³-hybridized carbons (Fsp3) is 0.357. The van der Waals surface area contributed by atoms with Gasteiger partial charge in [0.2, 0.25) is 5.91 Å². The molecule has 3 nitrogen and oxygen atoms in total. The molecule has 1 aromatic carbocycles. The molecule has 2 N–H and O–H groups in total. The number of aliphatic hydroxyl groups is 1. The average molecular weight is 251 g/mol. The summed E-state index contributed by atoms with van der Waals surface area (Å²) in [6.45, 7) is 1.99. The summed E-state index contributed by atoms with van der Waals surface area (Å²) in [6, 6.07) is 5.99. The topological polar surface area (TPSA) is 49.3 Å². The Morgan fingerprint density at radius 1 is 1.56 bits per heavy atom. The quantitative estimate of drug-likeness (QED) is 0.761. The van der Waals surface area contributed by atoms with Gasteiger partial charge in [-0.2, -0.15) is 0 Å². The molecule has 1 atom stereocenters. The van der Waals surface area contributed by atoms with Crippen LogP contribution in [-0.4, -0.2) is 23.7 Å². The van der Waals surface area contributed by atoms with Gasteiger partial charge in [-0.3, -0.25) is 4.79 Å². The van der Waals surface area contributed by atoms with Crippen LogP contribution in [0.2, 0.25) is 0 Å². The van der Waals surface area contributed by atoms with Gasteiger partial charge in [0.1, 0.15) is 5.82 Å². The van der Waals surface area contributed by atoms with Gasteiger partial charge in [-0.15, -0.1) is 0 Å². The molecule has 1 amide bonds. The van der Waals surface area contributed by atoms with Gasteiger partial charge in [0.25, 0.3) is 0 Å². The predicted molar refractivity (Wildman–Crippen MR) is 69.4 cm³/mol. The predicted octanol–water partition coefficient (Wildman–Crippen LogP) is 2.12. The summed E-state index contributed by atoms with van der Waals surface area (Å²) in [7, 11) is 0. The Balaban J connectivity index is 2.53. The summed E-state index contributed by atoms with van der Waals surface area (Å²) in [5.41, 5.74) is 0.639. The first kappa shape index (κ1) is 14.4. The molecule has 4 heteroatoms. The van der Waals surface area contributed by atoms with Crippen molar-refractivity contribution in [1.29, 1.82) is 0 Å². The minimum absolute atomic E-state index is 0.0281. The number of aliphatic hydroxyl groups excluding tert-OH is 1. The van der Waals surface area contributed by atoms with Crippen LogP contribution in [0.1, 0.15) is 25.3 Å². The first-order valence-corrected chi connectivity index (χ1v) is 6.00. The lowest BCUT2D eigenvalue weighted by atomic mass is 10.1. The van der Waals surface area contributed by atoms with E-state index in [-0.39, 0.29) is 24.4 Å². The summed E-state index contributed by atoms with van der Waals surface area (Å²) < 4.78 is 12.9. The highest BCUT2D eigenvalue weighted by Gasteiger charge is 2.06. The van der Waals surface area contributed by atoms with E-state index >= 15 is 0 Å². The number of amides is 1. The van der Waals surface area contributed by atoms with Crippen LogP contribution in [0.3, 0.4) is 0 Å². The van der Waals surface area contributed by atoms with Crippen molar-refractivity contribution in [1.82, 2.24) is 5.32 Å². The van der Waals surface area contributed by atoms with Crippen molar-refractivity contribution in [2.24, 2.45) is 0 Å². The first-order chi connectivity index (χ1) is 8.65. The van der Waals surface area contributed by atoms with E-state index in [0.29, 0.717) is 12.0 Å². The van der Waals surface area contributed by atoms with Gasteiger partial charge in [0, 0.05) is 18.7 Å². The van der Waals surface area contributed by atoms with Crippen LogP contribution in [0.25, 0.3) is 6.08 Å². The molecule has 1 aromatic rings. The van der Waals surface area contributed by atoms with E-state index in [1.165, 1.54) is 18.2 Å². The Morgan fingerprint density at radius 3 is 2.94 bits per heavy atom. The molecule has 0 bridgehead atoms. The maximum atomic E-state index is 12.9. The molecule has 1 unspecified atom stereocenters. The van der Waals surface area contributed by atoms with Crippen molar-refractivity contribution in [2.75, 3.05) is 6.61 Å². The maximum absolute atomic E-state index is 12.9. The van der Waals surface area contributed by atoms with E-state index in [9.17, 15) is 9.18 Å². The van der Waals surface area contributed by atoms with E-state index in [2.05, 4.69) is 5.32 Å². The highest BCUT2D eigenvalue weighted by atomic mass is 19.1. The van der Waals surface area contributed by atoms with Gasteiger partial charge in [0.15, 0.2) is 0 Å². The zero-order valence-corrected chi connectivity index (χ0v) is 10.4. The summed E-state index contributed by atoms with van der Waals surface area (Å²) in [6.07, 6.45) is 4.23. The van der Waals surface area contributed by atoms with Crippen molar-refractivity contribution >= 4 is 12.0 Å². The molecule has 0 fully saturated rings. The molecule has 0 saturated carbocycles. The molecule has 0 spiro atoms. The number of rotatable bonds is 6. The first-order valence-electron chi connectivity index (χ1n) is 6.00. The SMILES string of the molecule is CCC(CCO)NC(=O)/C=C/c1cccc(F)c1. The van der Waals surface area contributed by atoms with Crippen molar-refractivity contribution in [3.05, 3.63) is 41.7 Å². The Bertz CT molecular complexity index is 418. The minimum atomic E-state index is -0.329. The molecule has 0 aliphatic carbocycles. The Hall–Kier alpha value is -1.68. The average Bonchev–Trinajstić information content (AvgIpc) is 2.36. The van der Waals surface area contributed by atoms with Gasteiger partial charge < -0.3 is 10.4 Å². The zero-order valence-electron chi connectivity index (χ0n) is 10.4. The van der Waals surface area contributed by atoms with Crippen LogP contribution in [0.5, 0.6) is 0 Å². The molecule has 0 saturated heterocycles. The number of benzene rings is 1. The maximum Gasteiger partial charge on any atom is 0.244 e. The molecule has 0 aliphatic heterocycles. The third kappa shape index (κ3) is 5.10. The standard InChI is InChI=1S/C14H18FNO2/c1-2-13(8-9-17)16-14(18)7-6-11-4-3-5-12(15)10-11/h3-7,10,13,17H,2,8-9H2,1H3,(H,16,18)/b7-6+. The van der Waals surface area contributed by atoms with Gasteiger partial charge in [-0.05, 0) is 36.6 Å². The van der Waals surface area contributed by atoms with E-state index in [4.69, 9.17) is 5.11 Å². The highest BCUT2D eigenvalue weighted by molar-refractivity contribution is 5.91. The van der Waals surface area contributed by atoms with Gasteiger partial charge in [-0.1, -0.05) is 19.1 Å². The van der Waals surface area contributed by atoms with Crippen LogP contribution in [-0.2, 0) is 4.79 Å². The number of carbonyl (C=O) groups is 1. The lowest BCUT2D eigenvalue weighted by Crippen LogP contribution is -2.33. The summed E-state index contributed by atoms with van der Waals surface area (Å²) in [5.74, 6) is -0.566. The van der Waals surface area contributed by atoms with Gasteiger partial charge in [0.05, 0.1) is 0 Å². The molecule has 0 aliphatic rings. The third-order valence-electron chi connectivity index (χ3n) is 2.59. The molecular formula is C14H18FNO2. The second-order valence-corrected chi connectivity index (χ2v) is 4.01. The molecule has 0 heterocycles. The fourth-order valence-electron chi connectivity index (χ4n) is 1.57. The lowest BCUT2D eigenvalue weighted by molar-refractivity contribution is -0.117. The van der Waals surface area contributed by atoms with Crippen LogP contribution < -0.4 is 5.32 Å². The van der Waals surface area contributed by atoms with Crippen molar-refractivity contribution < 1.29 is 14.3 Å². The number of hydrogen-bond acceptors (Lipinski definition) is 2. The molecule has 18 heavy (non-hydrogen) atoms. The molecule has 1 rings (SSSR count). The second kappa shape index (κ2) is 7.61. The molecule has 0 aromatic heterocycles. The normalized spacial score (nSPS) is 12.6. The van der Waals surface area contributed by atoms with Crippen LogP contribution in [0.15, 0.2) is 30.3 Å². The Kier molecular flexibility index (Phi) is 6.08. The van der Waals surface area contributed by atoms with Crippen molar-refractivity contribution in [3.63, 3.8) is 0 Å². The fourth-order valence-corrected chi connectivity index (χ4v) is 1.57. The molecular weight excluding hydrogens is 233 g/mol. The van der Waals surface area contributed by atoms with E-state index in [1.54, 1.807) is 18.2 Å². The monoisotopic (exact) mass is 251 g/mol. The zero-order chi connectivity index (χ0) is 13.4. The van der Waals surface area contributed by atoms with Crippen LogP contribution in [0.4, 0.5) is 4.39 Å². The Labute approximate surface area is 106 Å². The van der Waals surface area contributed by atoms with E-state index in [0.717, 1.165) is 6.42 Å². The van der Waals surface area contributed by atoms with E-state index < -0.39 is 0 Å². The van der Waals surface area contributed by atoms with E-state index in [1.807, 2.05) is 6.92 Å². The largest absolute Gasteiger partial charge is 0.396 e. The second-order valence-electron chi connectivity index (χ2n) is 4.01. The van der Waals surface area contributed by atoms with Crippen LogP contribution >= 0.6 is 0 Å². The number of nitrogens with one attached hydrogen (secondary N) is 1. The van der Waals surface area contributed by atoms with Crippen molar-refractivity contribution in [3.8, 4) is 0 Å². The summed E-state index contributed by atoms with van der Waals surface area (Å²) >= 11 is 0.